The SMILES string of the molecule is CC(C)(C)OC(=O)/N=C1\CCC(C(=O)NCCO)OC1. The van der Waals surface area contributed by atoms with Crippen molar-refractivity contribution in [3.8, 4) is 0 Å². The molecule has 1 unspecified atom stereocenters. The summed E-state index contributed by atoms with van der Waals surface area (Å²) in [5.74, 6) is -0.254. The summed E-state index contributed by atoms with van der Waals surface area (Å²) in [6, 6.07) is 0. The van der Waals surface area contributed by atoms with Crippen LogP contribution < -0.4 is 5.32 Å². The minimum Gasteiger partial charge on any atom is -0.442 e. The molecule has 0 aromatic heterocycles. The number of rotatable bonds is 3. The highest BCUT2D eigenvalue weighted by molar-refractivity contribution is 5.95. The van der Waals surface area contributed by atoms with Gasteiger partial charge in [0.2, 0.25) is 5.91 Å². The lowest BCUT2D eigenvalue weighted by Gasteiger charge is -2.23. The number of ether oxygens (including phenoxy) is 2. The van der Waals surface area contributed by atoms with E-state index in [0.29, 0.717) is 18.6 Å². The number of aliphatic hydroxyl groups is 1. The van der Waals surface area contributed by atoms with Gasteiger partial charge in [0.25, 0.3) is 0 Å². The van der Waals surface area contributed by atoms with E-state index in [4.69, 9.17) is 14.6 Å². The molecule has 20 heavy (non-hydrogen) atoms. The van der Waals surface area contributed by atoms with E-state index in [-0.39, 0.29) is 25.7 Å². The normalized spacial score (nSPS) is 21.6. The zero-order chi connectivity index (χ0) is 15.2. The third-order valence-electron chi connectivity index (χ3n) is 2.49. The van der Waals surface area contributed by atoms with Crippen LogP contribution in [0.25, 0.3) is 0 Å². The fourth-order valence-electron chi connectivity index (χ4n) is 1.65. The highest BCUT2D eigenvalue weighted by Gasteiger charge is 2.25. The molecule has 1 fully saturated rings. The molecule has 1 aliphatic rings. The van der Waals surface area contributed by atoms with E-state index in [1.54, 1.807) is 20.8 Å². The van der Waals surface area contributed by atoms with E-state index in [1.807, 2.05) is 0 Å². The molecular formula is C13H22N2O5. The van der Waals surface area contributed by atoms with Gasteiger partial charge in [-0.1, -0.05) is 0 Å². The van der Waals surface area contributed by atoms with Crippen LogP contribution in [0.15, 0.2) is 4.99 Å². The number of nitrogens with one attached hydrogen (secondary N) is 1. The monoisotopic (exact) mass is 286 g/mol. The Morgan fingerprint density at radius 3 is 2.70 bits per heavy atom. The number of nitrogens with zero attached hydrogens (tertiary/aromatic N) is 1. The molecule has 0 aliphatic carbocycles. The molecule has 7 heteroatoms. The Balaban J connectivity index is 2.41. The second-order valence-electron chi connectivity index (χ2n) is 5.51. The largest absolute Gasteiger partial charge is 0.442 e. The van der Waals surface area contributed by atoms with Gasteiger partial charge in [0.15, 0.2) is 0 Å². The van der Waals surface area contributed by atoms with Crippen LogP contribution in [0.4, 0.5) is 4.79 Å². The molecule has 1 heterocycles. The van der Waals surface area contributed by atoms with Crippen molar-refractivity contribution in [2.75, 3.05) is 19.8 Å². The number of carbonyl (C=O) groups excluding carboxylic acids is 2. The molecule has 0 spiro atoms. The summed E-state index contributed by atoms with van der Waals surface area (Å²) < 4.78 is 10.4. The highest BCUT2D eigenvalue weighted by Crippen LogP contribution is 2.13. The molecule has 1 aliphatic heterocycles. The van der Waals surface area contributed by atoms with Gasteiger partial charge in [-0.3, -0.25) is 4.79 Å². The van der Waals surface area contributed by atoms with Gasteiger partial charge in [-0.05, 0) is 33.6 Å². The van der Waals surface area contributed by atoms with E-state index < -0.39 is 17.8 Å². The molecule has 1 atom stereocenters. The van der Waals surface area contributed by atoms with E-state index in [1.165, 1.54) is 0 Å². The number of amides is 2. The summed E-state index contributed by atoms with van der Waals surface area (Å²) in [6.45, 7) is 5.54. The van der Waals surface area contributed by atoms with Gasteiger partial charge in [0, 0.05) is 6.54 Å². The first-order valence-corrected chi connectivity index (χ1v) is 6.61. The predicted molar refractivity (Wildman–Crippen MR) is 72.7 cm³/mol. The van der Waals surface area contributed by atoms with Crippen LogP contribution in [0.2, 0.25) is 0 Å². The maximum atomic E-state index is 11.6. The fraction of sp³-hybridized carbons (Fsp3) is 0.769. The fourth-order valence-corrected chi connectivity index (χ4v) is 1.65. The van der Waals surface area contributed by atoms with Crippen LogP contribution in [-0.2, 0) is 14.3 Å². The average Bonchev–Trinajstić information content (AvgIpc) is 2.34. The van der Waals surface area contributed by atoms with E-state index in [0.717, 1.165) is 0 Å². The summed E-state index contributed by atoms with van der Waals surface area (Å²) in [6.07, 6.45) is -0.228. The maximum absolute atomic E-state index is 11.6. The first-order valence-electron chi connectivity index (χ1n) is 6.61. The number of aliphatic hydroxyl groups excluding tert-OH is 1. The van der Waals surface area contributed by atoms with Crippen molar-refractivity contribution in [1.82, 2.24) is 5.32 Å². The van der Waals surface area contributed by atoms with Crippen LogP contribution in [0.5, 0.6) is 0 Å². The second kappa shape index (κ2) is 7.35. The van der Waals surface area contributed by atoms with Crippen molar-refractivity contribution in [2.24, 2.45) is 4.99 Å². The minimum atomic E-state index is -0.640. The van der Waals surface area contributed by atoms with E-state index in [9.17, 15) is 9.59 Å². The van der Waals surface area contributed by atoms with E-state index >= 15 is 0 Å². The van der Waals surface area contributed by atoms with Crippen LogP contribution in [0.3, 0.4) is 0 Å². The van der Waals surface area contributed by atoms with Gasteiger partial charge in [-0.15, -0.1) is 0 Å². The molecule has 114 valence electrons. The van der Waals surface area contributed by atoms with Crippen molar-refractivity contribution in [3.63, 3.8) is 0 Å². The summed E-state index contributed by atoms with van der Waals surface area (Å²) in [4.78, 5) is 26.9. The van der Waals surface area contributed by atoms with Gasteiger partial charge < -0.3 is 19.9 Å². The van der Waals surface area contributed by atoms with Crippen LogP contribution in [0.1, 0.15) is 33.6 Å². The quantitative estimate of drug-likeness (QED) is 0.794. The molecule has 0 radical (unpaired) electrons. The number of hydrogen-bond acceptors (Lipinski definition) is 5. The summed E-state index contributed by atoms with van der Waals surface area (Å²) in [5.41, 5.74) is -0.00548. The molecule has 2 amide bonds. The van der Waals surface area contributed by atoms with Gasteiger partial charge in [0.1, 0.15) is 11.7 Å². The molecule has 2 N–H and O–H groups in total. The maximum Gasteiger partial charge on any atom is 0.434 e. The van der Waals surface area contributed by atoms with Crippen LogP contribution in [-0.4, -0.2) is 54.3 Å². The Morgan fingerprint density at radius 2 is 2.20 bits per heavy atom. The van der Waals surface area contributed by atoms with Crippen molar-refractivity contribution < 1.29 is 24.2 Å². The number of hydrogen-bond donors (Lipinski definition) is 2. The Morgan fingerprint density at radius 1 is 1.50 bits per heavy atom. The molecule has 0 saturated carbocycles. The Bertz CT molecular complexity index is 377. The summed E-state index contributed by atoms with van der Waals surface area (Å²) in [5, 5.41) is 11.2. The first kappa shape index (κ1) is 16.6. The third kappa shape index (κ3) is 6.12. The highest BCUT2D eigenvalue weighted by atomic mass is 16.6. The topological polar surface area (TPSA) is 97.2 Å². The molecule has 1 rings (SSSR count). The van der Waals surface area contributed by atoms with Crippen LogP contribution in [0, 0.1) is 0 Å². The second-order valence-corrected chi connectivity index (χ2v) is 5.51. The molecule has 0 aromatic carbocycles. The molecular weight excluding hydrogens is 264 g/mol. The lowest BCUT2D eigenvalue weighted by atomic mass is 10.1. The zero-order valence-corrected chi connectivity index (χ0v) is 12.1. The standard InChI is InChI=1S/C13H22N2O5/c1-13(2,3)20-12(18)15-9-4-5-10(19-8-9)11(17)14-6-7-16/h10,16H,4-8H2,1-3H3,(H,14,17)/b15-9+. The van der Waals surface area contributed by atoms with Gasteiger partial charge in [0.05, 0.1) is 18.9 Å². The minimum absolute atomic E-state index is 0.107. The van der Waals surface area contributed by atoms with Crippen molar-refractivity contribution >= 4 is 17.7 Å². The molecule has 1 saturated heterocycles. The summed E-state index contributed by atoms with van der Waals surface area (Å²) in [7, 11) is 0. The van der Waals surface area contributed by atoms with Crippen LogP contribution >= 0.6 is 0 Å². The van der Waals surface area contributed by atoms with Gasteiger partial charge >= 0.3 is 6.09 Å². The molecule has 7 nitrogen and oxygen atoms in total. The van der Waals surface area contributed by atoms with E-state index in [2.05, 4.69) is 10.3 Å². The Labute approximate surface area is 118 Å². The number of carbonyl (C=O) groups is 2. The number of aliphatic imine (C=N–C) groups is 1. The lowest BCUT2D eigenvalue weighted by Crippen LogP contribution is -2.41. The summed E-state index contributed by atoms with van der Waals surface area (Å²) >= 11 is 0. The Kier molecular flexibility index (Phi) is 6.09. The molecule has 0 aromatic rings. The zero-order valence-electron chi connectivity index (χ0n) is 12.1. The Hall–Kier alpha value is -1.47. The third-order valence-corrected chi connectivity index (χ3v) is 2.49. The van der Waals surface area contributed by atoms with Crippen molar-refractivity contribution in [2.45, 2.75) is 45.3 Å². The smallest absolute Gasteiger partial charge is 0.434 e. The first-order chi connectivity index (χ1) is 9.31. The van der Waals surface area contributed by atoms with Gasteiger partial charge in [-0.2, -0.15) is 4.99 Å². The van der Waals surface area contributed by atoms with Gasteiger partial charge in [-0.25, -0.2) is 4.79 Å². The average molecular weight is 286 g/mol. The molecule has 0 bridgehead atoms. The lowest BCUT2D eigenvalue weighted by molar-refractivity contribution is -0.132. The van der Waals surface area contributed by atoms with Crippen molar-refractivity contribution in [1.29, 1.82) is 0 Å². The predicted octanol–water partition coefficient (Wildman–Crippen LogP) is 0.650. The van der Waals surface area contributed by atoms with Crippen molar-refractivity contribution in [3.05, 3.63) is 0 Å².